The van der Waals surface area contributed by atoms with Gasteiger partial charge in [0.1, 0.15) is 18.2 Å². The summed E-state index contributed by atoms with van der Waals surface area (Å²) in [6.07, 6.45) is 9.46. The van der Waals surface area contributed by atoms with Crippen LogP contribution in [0.1, 0.15) is 119 Å². The van der Waals surface area contributed by atoms with E-state index in [1.165, 1.54) is 20.2 Å². The second kappa shape index (κ2) is 13.7. The van der Waals surface area contributed by atoms with Gasteiger partial charge in [-0.1, -0.05) is 39.3 Å². The number of aliphatic carboxylic acids is 1. The molecule has 12 nitrogen and oxygen atoms in total. The molecule has 292 valence electrons. The van der Waals surface area contributed by atoms with Gasteiger partial charge in [-0.15, -0.1) is 0 Å². The molecule has 0 radical (unpaired) electrons. The molecule has 5 fully saturated rings. The molecule has 2 amide bonds. The lowest BCUT2D eigenvalue weighted by Gasteiger charge is -2.69. The van der Waals surface area contributed by atoms with Crippen molar-refractivity contribution in [3.63, 3.8) is 0 Å². The topological polar surface area (TPSA) is 191 Å². The van der Waals surface area contributed by atoms with Gasteiger partial charge in [0.25, 0.3) is 0 Å². The Labute approximate surface area is 313 Å². The van der Waals surface area contributed by atoms with Gasteiger partial charge in [0.2, 0.25) is 11.8 Å². The predicted molar refractivity (Wildman–Crippen MR) is 197 cm³/mol. The Morgan fingerprint density at radius 1 is 1.02 bits per heavy atom. The fraction of sp³-hybridized carbons (Fsp3) is 0.732. The minimum Gasteiger partial charge on any atom is -0.480 e. The second-order valence-electron chi connectivity index (χ2n) is 18.2. The third-order valence-corrected chi connectivity index (χ3v) is 15.3. The third kappa shape index (κ3) is 6.15. The Hall–Kier alpha value is -3.51. The van der Waals surface area contributed by atoms with Crippen molar-refractivity contribution in [2.24, 2.45) is 38.9 Å². The van der Waals surface area contributed by atoms with E-state index in [2.05, 4.69) is 48.3 Å². The number of aliphatic hydroxyl groups is 2. The van der Waals surface area contributed by atoms with Crippen molar-refractivity contribution < 1.29 is 39.2 Å². The van der Waals surface area contributed by atoms with Crippen molar-refractivity contribution in [2.75, 3.05) is 0 Å². The highest BCUT2D eigenvalue weighted by molar-refractivity contribution is 5.98. The zero-order valence-corrected chi connectivity index (χ0v) is 32.7. The molecule has 0 bridgehead atoms. The molecule has 0 aromatic carbocycles. The van der Waals surface area contributed by atoms with Gasteiger partial charge in [-0.05, 0) is 118 Å². The van der Waals surface area contributed by atoms with E-state index in [1.807, 2.05) is 19.9 Å². The number of fused-ring (bicyclic) bond motifs is 4. The first-order chi connectivity index (χ1) is 24.7. The molecule has 1 spiro atoms. The SMILES string of the molecule is CC(=O)O[C@H]1C[C@@]2(C)[C@@H](C[C@@H](O)[C@H]3[C@]2(C)CC[C@@]24CC2(C)[C@H](O)CC[C@]34C)/C1=C(\CCC=C(C)C)C(=O)NC(C)C(=O)NC(Cc1c[nH]cn1)C(=O)O. The smallest absolute Gasteiger partial charge is 0.326 e. The van der Waals surface area contributed by atoms with Gasteiger partial charge in [-0.3, -0.25) is 14.4 Å². The first-order valence-electron chi connectivity index (χ1n) is 19.5. The van der Waals surface area contributed by atoms with Gasteiger partial charge < -0.3 is 35.7 Å². The molecular formula is C41H60N4O8. The van der Waals surface area contributed by atoms with Gasteiger partial charge in [-0.2, -0.15) is 0 Å². The van der Waals surface area contributed by atoms with Crippen molar-refractivity contribution in [1.82, 2.24) is 20.6 Å². The van der Waals surface area contributed by atoms with Gasteiger partial charge in [0.15, 0.2) is 0 Å². The van der Waals surface area contributed by atoms with Crippen LogP contribution in [0.15, 0.2) is 35.3 Å². The molecule has 12 atom stereocenters. The number of allylic oxidation sites excluding steroid dienone is 2. The third-order valence-electron chi connectivity index (χ3n) is 15.3. The zero-order chi connectivity index (χ0) is 38.9. The molecule has 0 aliphatic heterocycles. The number of nitrogens with zero attached hydrogens (tertiary/aromatic N) is 1. The van der Waals surface area contributed by atoms with Crippen LogP contribution < -0.4 is 10.6 Å². The fourth-order valence-electron chi connectivity index (χ4n) is 12.5. The van der Waals surface area contributed by atoms with Crippen LogP contribution in [0, 0.1) is 38.9 Å². The van der Waals surface area contributed by atoms with Crippen LogP contribution in [0.25, 0.3) is 0 Å². The zero-order valence-electron chi connectivity index (χ0n) is 32.7. The van der Waals surface area contributed by atoms with E-state index in [0.717, 1.165) is 36.8 Å². The number of carboxylic acids is 1. The number of carbonyl (C=O) groups excluding carboxylic acids is 3. The summed E-state index contributed by atoms with van der Waals surface area (Å²) in [7, 11) is 0. The Balaban J connectivity index is 1.35. The molecule has 1 heterocycles. The second-order valence-corrected chi connectivity index (χ2v) is 18.2. The van der Waals surface area contributed by atoms with Crippen LogP contribution in [0.2, 0.25) is 0 Å². The lowest BCUT2D eigenvalue weighted by Crippen LogP contribution is -2.66. The van der Waals surface area contributed by atoms with Crippen molar-refractivity contribution >= 4 is 23.8 Å². The van der Waals surface area contributed by atoms with E-state index in [4.69, 9.17) is 4.74 Å². The number of rotatable bonds is 11. The Bertz CT molecular complexity index is 1700. The lowest BCUT2D eigenvalue weighted by atomic mass is 9.36. The number of carboxylic acid groups (broad SMARTS) is 1. The highest BCUT2D eigenvalue weighted by atomic mass is 16.5. The van der Waals surface area contributed by atoms with Crippen LogP contribution in [0.4, 0.5) is 0 Å². The summed E-state index contributed by atoms with van der Waals surface area (Å²) in [5.41, 5.74) is 1.59. The molecule has 6 rings (SSSR count). The lowest BCUT2D eigenvalue weighted by molar-refractivity contribution is -0.237. The molecule has 3 unspecified atom stereocenters. The number of nitrogens with one attached hydrogen (secondary N) is 3. The number of esters is 1. The highest BCUT2D eigenvalue weighted by Crippen LogP contribution is 2.87. The van der Waals surface area contributed by atoms with Gasteiger partial charge in [-0.25, -0.2) is 9.78 Å². The summed E-state index contributed by atoms with van der Waals surface area (Å²) in [5, 5.41) is 38.7. The van der Waals surface area contributed by atoms with E-state index in [0.29, 0.717) is 43.4 Å². The average Bonchev–Trinajstić information content (AvgIpc) is 3.30. The summed E-state index contributed by atoms with van der Waals surface area (Å²) in [5.74, 6) is -3.10. The highest BCUT2D eigenvalue weighted by Gasteiger charge is 2.82. The number of carbonyl (C=O) groups is 4. The number of ether oxygens (including phenoxy) is 1. The van der Waals surface area contributed by atoms with Crippen LogP contribution in [0.5, 0.6) is 0 Å². The summed E-state index contributed by atoms with van der Waals surface area (Å²) in [4.78, 5) is 59.4. The minimum absolute atomic E-state index is 0.0253. The van der Waals surface area contributed by atoms with E-state index < -0.39 is 53.5 Å². The number of hydrogen-bond donors (Lipinski definition) is 6. The summed E-state index contributed by atoms with van der Waals surface area (Å²) >= 11 is 0. The maximum Gasteiger partial charge on any atom is 0.326 e. The fourth-order valence-corrected chi connectivity index (χ4v) is 12.5. The summed E-state index contributed by atoms with van der Waals surface area (Å²) in [6, 6.07) is -2.33. The van der Waals surface area contributed by atoms with Crippen molar-refractivity contribution in [3.05, 3.63) is 41.0 Å². The maximum absolute atomic E-state index is 14.5. The predicted octanol–water partition coefficient (Wildman–Crippen LogP) is 4.77. The van der Waals surface area contributed by atoms with Gasteiger partial charge >= 0.3 is 11.9 Å². The molecule has 5 aliphatic rings. The van der Waals surface area contributed by atoms with E-state index >= 15 is 0 Å². The standard InChI is InChI=1S/C41H60N4O8/c1-22(2)10-9-11-26(35(50)44-23(3)34(49)45-28(36(51)52)16-25-19-42-21-43-25)32-27-17-29(47)33-37(5,39(27,7)18-30(32)53-24(4)46)14-15-41-20-40(41,8)31(48)12-13-38(33,41)6/h10,19,21,23,27-31,33,47-48H,9,11-18,20H2,1-8H3,(H,42,43)(H,44,50)(H,45,49)(H,51,52)/b32-26-/t23?,27-,28?,29+,30-,31+,33-,37-,38+,39-,40?,41-/m0/s1. The number of hydrogen-bond acceptors (Lipinski definition) is 8. The maximum atomic E-state index is 14.5. The molecule has 0 saturated heterocycles. The minimum atomic E-state index is -1.25. The van der Waals surface area contributed by atoms with Crippen molar-refractivity contribution in [1.29, 1.82) is 0 Å². The van der Waals surface area contributed by atoms with E-state index in [9.17, 15) is 34.5 Å². The van der Waals surface area contributed by atoms with Crippen LogP contribution >= 0.6 is 0 Å². The Morgan fingerprint density at radius 2 is 1.74 bits per heavy atom. The molecule has 53 heavy (non-hydrogen) atoms. The van der Waals surface area contributed by atoms with E-state index in [-0.39, 0.29) is 46.0 Å². The van der Waals surface area contributed by atoms with Crippen LogP contribution in [-0.2, 0) is 30.3 Å². The molecule has 6 N–H and O–H groups in total. The largest absolute Gasteiger partial charge is 0.480 e. The molecular weight excluding hydrogens is 676 g/mol. The number of aromatic nitrogens is 2. The number of amides is 2. The molecule has 12 heteroatoms. The Morgan fingerprint density at radius 3 is 2.36 bits per heavy atom. The summed E-state index contributed by atoms with van der Waals surface area (Å²) < 4.78 is 6.11. The number of aliphatic hydroxyl groups excluding tert-OH is 2. The molecule has 1 aromatic rings. The normalized spacial score (nSPS) is 40.2. The average molecular weight is 737 g/mol. The Kier molecular flexibility index (Phi) is 10.1. The summed E-state index contributed by atoms with van der Waals surface area (Å²) in [6.45, 7) is 16.0. The quantitative estimate of drug-likeness (QED) is 0.106. The molecule has 5 aliphatic carbocycles. The number of imidazole rings is 1. The first-order valence-corrected chi connectivity index (χ1v) is 19.5. The van der Waals surface area contributed by atoms with Crippen molar-refractivity contribution in [3.8, 4) is 0 Å². The number of H-pyrrole nitrogens is 1. The van der Waals surface area contributed by atoms with Crippen LogP contribution in [-0.4, -0.2) is 79.4 Å². The van der Waals surface area contributed by atoms with Gasteiger partial charge in [0, 0.05) is 30.5 Å². The van der Waals surface area contributed by atoms with Gasteiger partial charge in [0.05, 0.1) is 24.2 Å². The van der Waals surface area contributed by atoms with E-state index in [1.54, 1.807) is 6.20 Å². The first kappa shape index (κ1) is 39.2. The molecule has 1 aromatic heterocycles. The van der Waals surface area contributed by atoms with Crippen molar-refractivity contribution in [2.45, 2.75) is 150 Å². The molecule has 5 saturated carbocycles. The monoisotopic (exact) mass is 736 g/mol. The van der Waals surface area contributed by atoms with Crippen LogP contribution in [0.3, 0.4) is 0 Å². The number of aromatic amines is 1.